The molecular formula is C29H27BrF2N2O3. The summed E-state index contributed by atoms with van der Waals surface area (Å²) >= 11 is 0. The summed E-state index contributed by atoms with van der Waals surface area (Å²) in [6.45, 7) is 0.459. The zero-order chi connectivity index (χ0) is 25.1. The lowest BCUT2D eigenvalue weighted by molar-refractivity contribution is -0.604. The van der Waals surface area contributed by atoms with E-state index in [0.717, 1.165) is 60.6 Å². The van der Waals surface area contributed by atoms with Gasteiger partial charge in [-0.1, -0.05) is 30.3 Å². The number of para-hydroxylation sites is 3. The van der Waals surface area contributed by atoms with E-state index >= 15 is 0 Å². The van der Waals surface area contributed by atoms with Crippen LogP contribution >= 0.6 is 0 Å². The van der Waals surface area contributed by atoms with E-state index in [4.69, 9.17) is 9.47 Å². The molecule has 0 unspecified atom stereocenters. The van der Waals surface area contributed by atoms with E-state index in [-0.39, 0.29) is 22.8 Å². The number of ether oxygens (including phenoxy) is 2. The van der Waals surface area contributed by atoms with Gasteiger partial charge in [-0.15, -0.1) is 0 Å². The standard InChI is InChI=1S/C29H27F2N2O3.BrH/c1-35-27-11-5-4-10-24(27)33-18-25(32-17-6-2-3-12-28(32)33)20-13-15-21(16-14-20)26(34)19-36-29-22(30)8-7-9-23(29)31;/h4-5,7-11,13-16,18H,2-3,6,12,17,19H2,1H3;1H/q+1;/p-1. The second-order valence-corrected chi connectivity index (χ2v) is 8.77. The summed E-state index contributed by atoms with van der Waals surface area (Å²) in [4.78, 5) is 12.6. The third kappa shape index (κ3) is 5.44. The molecule has 0 saturated carbocycles. The molecule has 0 N–H and O–H groups in total. The Morgan fingerprint density at radius 3 is 2.41 bits per heavy atom. The van der Waals surface area contributed by atoms with Crippen LogP contribution in [0.2, 0.25) is 0 Å². The van der Waals surface area contributed by atoms with Crippen LogP contribution in [0.1, 0.15) is 35.4 Å². The first-order chi connectivity index (χ1) is 17.6. The molecule has 0 aliphatic carbocycles. The second kappa shape index (κ2) is 11.7. The molecule has 1 aliphatic rings. The van der Waals surface area contributed by atoms with Crippen LogP contribution in [0.15, 0.2) is 72.9 Å². The van der Waals surface area contributed by atoms with E-state index < -0.39 is 24.0 Å². The molecule has 5 nitrogen and oxygen atoms in total. The van der Waals surface area contributed by atoms with E-state index in [9.17, 15) is 13.6 Å². The largest absolute Gasteiger partial charge is 1.00 e. The number of carbonyl (C=O) groups excluding carboxylic acids is 1. The fourth-order valence-corrected chi connectivity index (χ4v) is 4.71. The highest BCUT2D eigenvalue weighted by atomic mass is 79.9. The van der Waals surface area contributed by atoms with Gasteiger partial charge < -0.3 is 26.5 Å². The average Bonchev–Trinajstić information content (AvgIpc) is 3.08. The molecule has 0 spiro atoms. The van der Waals surface area contributed by atoms with Gasteiger partial charge in [0.1, 0.15) is 6.20 Å². The molecule has 0 fully saturated rings. The first kappa shape index (κ1) is 26.5. The van der Waals surface area contributed by atoms with Gasteiger partial charge in [0.25, 0.3) is 5.82 Å². The number of fused-ring (bicyclic) bond motifs is 1. The number of aromatic nitrogens is 2. The highest BCUT2D eigenvalue weighted by Crippen LogP contribution is 2.28. The van der Waals surface area contributed by atoms with Gasteiger partial charge in [0.15, 0.2) is 46.9 Å². The number of halogens is 3. The maximum atomic E-state index is 13.8. The third-order valence-corrected chi connectivity index (χ3v) is 6.53. The number of hydrogen-bond acceptors (Lipinski definition) is 3. The van der Waals surface area contributed by atoms with Crippen molar-refractivity contribution >= 4 is 5.78 Å². The number of ketones is 1. The molecule has 0 saturated heterocycles. The molecule has 2 heterocycles. The summed E-state index contributed by atoms with van der Waals surface area (Å²) in [6, 6.07) is 18.6. The van der Waals surface area contributed by atoms with Crippen LogP contribution in [-0.2, 0) is 13.0 Å². The van der Waals surface area contributed by atoms with Gasteiger partial charge in [-0.25, -0.2) is 13.3 Å². The van der Waals surface area contributed by atoms with Gasteiger partial charge in [0.2, 0.25) is 0 Å². The minimum absolute atomic E-state index is 0. The van der Waals surface area contributed by atoms with E-state index in [0.29, 0.717) is 5.56 Å². The second-order valence-electron chi connectivity index (χ2n) is 8.77. The number of hydrogen-bond donors (Lipinski definition) is 0. The first-order valence-electron chi connectivity index (χ1n) is 12.0. The summed E-state index contributed by atoms with van der Waals surface area (Å²) in [7, 11) is 1.68. The molecule has 0 atom stereocenters. The predicted octanol–water partition coefficient (Wildman–Crippen LogP) is 2.71. The number of nitrogens with zero attached hydrogens (tertiary/aromatic N) is 2. The number of carbonyl (C=O) groups is 1. The van der Waals surface area contributed by atoms with Crippen LogP contribution in [0, 0.1) is 11.6 Å². The van der Waals surface area contributed by atoms with Gasteiger partial charge in [-0.2, -0.15) is 4.57 Å². The van der Waals surface area contributed by atoms with E-state index in [1.165, 1.54) is 18.3 Å². The van der Waals surface area contributed by atoms with Crippen molar-refractivity contribution in [3.05, 3.63) is 95.9 Å². The maximum absolute atomic E-state index is 13.8. The van der Waals surface area contributed by atoms with Crippen LogP contribution in [0.5, 0.6) is 11.5 Å². The molecule has 4 aromatic rings. The van der Waals surface area contributed by atoms with E-state index in [2.05, 4.69) is 21.4 Å². The Morgan fingerprint density at radius 1 is 0.946 bits per heavy atom. The Hall–Kier alpha value is -3.52. The SMILES string of the molecule is COc1ccccc1-[n+]1cc(-c2ccc(C(=O)COc3c(F)cccc3F)cc2)n2c1CCCCC2.[Br-]. The molecule has 0 radical (unpaired) electrons. The summed E-state index contributed by atoms with van der Waals surface area (Å²) in [5.41, 5.74) is 3.43. The molecule has 5 rings (SSSR count). The van der Waals surface area contributed by atoms with E-state index in [1.54, 1.807) is 19.2 Å². The first-order valence-corrected chi connectivity index (χ1v) is 12.0. The van der Waals surface area contributed by atoms with Gasteiger partial charge in [0.05, 0.1) is 13.7 Å². The van der Waals surface area contributed by atoms with Crippen LogP contribution in [0.4, 0.5) is 8.78 Å². The van der Waals surface area contributed by atoms with Gasteiger partial charge in [-0.05, 0) is 55.7 Å². The molecule has 1 aliphatic heterocycles. The smallest absolute Gasteiger partial charge is 0.262 e. The number of rotatable bonds is 7. The van der Waals surface area contributed by atoms with Crippen molar-refractivity contribution in [2.45, 2.75) is 32.2 Å². The zero-order valence-electron chi connectivity index (χ0n) is 20.4. The highest BCUT2D eigenvalue weighted by Gasteiger charge is 2.28. The van der Waals surface area contributed by atoms with Crippen molar-refractivity contribution in [3.63, 3.8) is 0 Å². The summed E-state index contributed by atoms with van der Waals surface area (Å²) in [6.07, 6.45) is 6.47. The Labute approximate surface area is 225 Å². The Bertz CT molecular complexity index is 1380. The zero-order valence-corrected chi connectivity index (χ0v) is 22.0. The van der Waals surface area contributed by atoms with Gasteiger partial charge in [0, 0.05) is 17.5 Å². The lowest BCUT2D eigenvalue weighted by Crippen LogP contribution is -3.00. The average molecular weight is 569 g/mol. The minimum atomic E-state index is -0.838. The quantitative estimate of drug-likeness (QED) is 0.254. The Balaban J connectivity index is 0.00000320. The molecule has 8 heteroatoms. The molecule has 3 aromatic carbocycles. The van der Waals surface area contributed by atoms with Crippen molar-refractivity contribution in [2.75, 3.05) is 13.7 Å². The summed E-state index contributed by atoms with van der Waals surface area (Å²) in [5, 5.41) is 0. The van der Waals surface area contributed by atoms with Crippen molar-refractivity contribution in [2.24, 2.45) is 0 Å². The lowest BCUT2D eigenvalue weighted by atomic mass is 10.1. The Kier molecular flexibility index (Phi) is 8.38. The fourth-order valence-electron chi connectivity index (χ4n) is 4.71. The normalized spacial score (nSPS) is 12.7. The van der Waals surface area contributed by atoms with Crippen molar-refractivity contribution in [1.29, 1.82) is 0 Å². The molecule has 1 aromatic heterocycles. The Morgan fingerprint density at radius 2 is 1.68 bits per heavy atom. The fraction of sp³-hybridized carbons (Fsp3) is 0.241. The van der Waals surface area contributed by atoms with E-state index in [1.807, 2.05) is 30.3 Å². The van der Waals surface area contributed by atoms with Crippen LogP contribution in [0.25, 0.3) is 16.9 Å². The van der Waals surface area contributed by atoms with Crippen LogP contribution < -0.4 is 31.0 Å². The van der Waals surface area contributed by atoms with Crippen molar-refractivity contribution < 1.29 is 44.6 Å². The van der Waals surface area contributed by atoms with Crippen molar-refractivity contribution in [1.82, 2.24) is 4.57 Å². The van der Waals surface area contributed by atoms with Gasteiger partial charge >= 0.3 is 0 Å². The summed E-state index contributed by atoms with van der Waals surface area (Å²) in [5.74, 6) is -0.557. The maximum Gasteiger partial charge on any atom is 0.262 e. The monoisotopic (exact) mass is 568 g/mol. The van der Waals surface area contributed by atoms with Crippen molar-refractivity contribution in [3.8, 4) is 28.4 Å². The highest BCUT2D eigenvalue weighted by molar-refractivity contribution is 5.97. The number of Topliss-reactive ketones (excluding diaryl/α,β-unsaturated/α-hetero) is 1. The number of imidazole rings is 1. The predicted molar refractivity (Wildman–Crippen MR) is 132 cm³/mol. The lowest BCUT2D eigenvalue weighted by Gasteiger charge is -2.08. The van der Waals surface area contributed by atoms with Gasteiger partial charge in [-0.3, -0.25) is 4.79 Å². The molecule has 192 valence electrons. The third-order valence-electron chi connectivity index (χ3n) is 6.53. The molecule has 0 amide bonds. The summed E-state index contributed by atoms with van der Waals surface area (Å²) < 4.78 is 42.9. The molecular weight excluding hydrogens is 542 g/mol. The number of benzene rings is 3. The molecule has 37 heavy (non-hydrogen) atoms. The minimum Gasteiger partial charge on any atom is -1.00 e. The van der Waals surface area contributed by atoms with Crippen LogP contribution in [0.3, 0.4) is 0 Å². The number of methoxy groups -OCH3 is 1. The molecule has 0 bridgehead atoms. The van der Waals surface area contributed by atoms with Crippen LogP contribution in [-0.4, -0.2) is 24.1 Å². The topological polar surface area (TPSA) is 44.3 Å².